The third kappa shape index (κ3) is 23.1. The summed E-state index contributed by atoms with van der Waals surface area (Å²) >= 11 is 0. The van der Waals surface area contributed by atoms with Crippen LogP contribution < -0.4 is 0 Å². The molecule has 6 saturated carbocycles. The molecule has 0 aromatic heterocycles. The lowest BCUT2D eigenvalue weighted by molar-refractivity contribution is 0.455. The molecule has 0 nitrogen and oxygen atoms in total. The fraction of sp³-hybridized carbons (Fsp3) is 0.471. The van der Waals surface area contributed by atoms with E-state index >= 15 is 0 Å². The maximum absolute atomic E-state index is 2.49. The minimum absolute atomic E-state index is 0.0340. The first-order valence-electron chi connectivity index (χ1n) is 43.1. The van der Waals surface area contributed by atoms with Crippen LogP contribution in [0.5, 0.6) is 0 Å². The minimum atomic E-state index is -0.0729. The predicted octanol–water partition coefficient (Wildman–Crippen LogP) is 31.3. The largest absolute Gasteiger partial charge is 0.166 e. The van der Waals surface area contributed by atoms with Gasteiger partial charge in [-0.2, -0.15) is 0 Å². The van der Waals surface area contributed by atoms with Crippen LogP contribution in [0.2, 0.25) is 0 Å². The van der Waals surface area contributed by atoms with E-state index in [1.807, 2.05) is 0 Å². The highest BCUT2D eigenvalue weighted by Gasteiger charge is 2.33. The average Bonchev–Trinajstić information content (AvgIpc) is 0.954. The van der Waals surface area contributed by atoms with Crippen molar-refractivity contribution in [1.29, 1.82) is 0 Å². The summed E-state index contributed by atoms with van der Waals surface area (Å²) in [6.45, 7) is 0. The Bertz CT molecular complexity index is 3520. The van der Waals surface area contributed by atoms with E-state index in [9.17, 15) is 0 Å². The number of hydrogen-bond acceptors (Lipinski definition) is 0. The molecule has 105 heavy (non-hydrogen) atoms. The summed E-state index contributed by atoms with van der Waals surface area (Å²) in [4.78, 5) is 13.0. The Morgan fingerprint density at radius 1 is 0.124 bits per heavy atom. The predicted molar refractivity (Wildman–Crippen MR) is 455 cm³/mol. The minimum Gasteiger partial charge on any atom is -0.0619 e. The summed E-state index contributed by atoms with van der Waals surface area (Å²) in [5.74, 6) is 4.53. The van der Waals surface area contributed by atoms with Crippen LogP contribution in [0.15, 0.2) is 281 Å². The lowest BCUT2D eigenvalue weighted by atomic mass is 9.86. The van der Waals surface area contributed by atoms with Crippen LogP contribution in [-0.4, -0.2) is 0 Å². The standard InChI is InChI=1S/C42H57S.C34H43S.C26H29S/c1-4-10-16-34(17-11-5-1)37-22-28-40(29-23-37)43(41-30-24-38(25-31-41)35-18-12-6-2-7-13-19-35)42-32-26-39(27-33-42)36-20-14-8-3-9-15-21-36;1-3-8-14-28(15-9-4-1)30-20-24-33(25-21-30)35(32-18-12-7-13-19-32)34-26-22-31(23-27-34)29-16-10-5-2-6-11-17-29;1-2-6-12-22(13-7-3-1)23-18-20-26(21-19-23)27(24-14-8-4-9-15-24)25-16-10-5-11-17-25/h22-36H,1-21H2;7,12-13,18-29H,1-6,8-11,14-17H2;4-5,8-11,14-22H,1-3,6-7,12-13H2/q3*+1. The van der Waals surface area contributed by atoms with E-state index in [1.54, 1.807) is 33.4 Å². The maximum atomic E-state index is 2.49. The Labute approximate surface area is 647 Å². The Balaban J connectivity index is 0.000000143. The zero-order chi connectivity index (χ0) is 71.1. The van der Waals surface area contributed by atoms with E-state index in [1.165, 1.54) is 314 Å². The van der Waals surface area contributed by atoms with Gasteiger partial charge >= 0.3 is 0 Å². The second kappa shape index (κ2) is 42.7. The molecule has 0 aliphatic heterocycles. The number of rotatable bonds is 15. The smallest absolute Gasteiger partial charge is 0.0619 e. The van der Waals surface area contributed by atoms with E-state index in [2.05, 4.69) is 237 Å². The van der Waals surface area contributed by atoms with E-state index < -0.39 is 0 Å². The molecule has 0 spiro atoms. The third-order valence-corrected chi connectivity index (χ3v) is 31.8. The zero-order valence-corrected chi connectivity index (χ0v) is 66.9. The van der Waals surface area contributed by atoms with Crippen LogP contribution in [0, 0.1) is 0 Å². The summed E-state index contributed by atoms with van der Waals surface area (Å²) in [6, 6.07) is 92.1. The molecule has 0 heterocycles. The Kier molecular flexibility index (Phi) is 31.4. The van der Waals surface area contributed by atoms with Gasteiger partial charge in [0.2, 0.25) is 0 Å². The van der Waals surface area contributed by atoms with Gasteiger partial charge in [0.05, 0.1) is 32.7 Å². The SMILES string of the molecule is c1cc([S+](c2ccc(C3CCCCCCC3)cc2)c2ccc(C3CCCCCCC3)cc2)ccc1C1CCCCCCC1.c1ccc([S+](c2ccc(C3CCCCCCC3)cc2)c2ccc(C3CCCCCCC3)cc2)cc1.c1ccc([S+](c2ccccc2)c2ccc(C3CCCCCCC3)cc2)cc1. The molecule has 6 aliphatic carbocycles. The van der Waals surface area contributed by atoms with Crippen molar-refractivity contribution < 1.29 is 0 Å². The van der Waals surface area contributed by atoms with Crippen molar-refractivity contribution in [3.8, 4) is 0 Å². The maximum Gasteiger partial charge on any atom is 0.166 e. The molecule has 3 heteroatoms. The second-order valence-corrected chi connectivity index (χ2v) is 38.6. The van der Waals surface area contributed by atoms with Gasteiger partial charge in [-0.15, -0.1) is 0 Å². The van der Waals surface area contributed by atoms with Crippen LogP contribution in [0.25, 0.3) is 0 Å². The lowest BCUT2D eigenvalue weighted by Gasteiger charge is -2.21. The molecular weight excluding hydrogens is 1320 g/mol. The average molecular weight is 1450 g/mol. The molecule has 0 saturated heterocycles. The topological polar surface area (TPSA) is 0 Å². The zero-order valence-electron chi connectivity index (χ0n) is 64.4. The van der Waals surface area contributed by atoms with Gasteiger partial charge in [-0.05, 0) is 255 Å². The van der Waals surface area contributed by atoms with Crippen LogP contribution in [0.1, 0.15) is 339 Å². The number of hydrogen-bond donors (Lipinski definition) is 0. The lowest BCUT2D eigenvalue weighted by Crippen LogP contribution is -2.08. The van der Waals surface area contributed by atoms with Crippen molar-refractivity contribution in [1.82, 2.24) is 0 Å². The van der Waals surface area contributed by atoms with Crippen LogP contribution in [0.3, 0.4) is 0 Å². The molecule has 0 amide bonds. The third-order valence-electron chi connectivity index (χ3n) is 25.1. The van der Waals surface area contributed by atoms with Gasteiger partial charge in [-0.3, -0.25) is 0 Å². The highest BCUT2D eigenvalue weighted by Crippen LogP contribution is 2.43. The van der Waals surface area contributed by atoms with Crippen molar-refractivity contribution in [2.75, 3.05) is 0 Å². The first kappa shape index (κ1) is 77.2. The first-order valence-corrected chi connectivity index (χ1v) is 46.8. The van der Waals surface area contributed by atoms with E-state index in [4.69, 9.17) is 0 Å². The van der Waals surface area contributed by atoms with Crippen molar-refractivity contribution >= 4 is 32.7 Å². The van der Waals surface area contributed by atoms with Gasteiger partial charge in [0.1, 0.15) is 0 Å². The van der Waals surface area contributed by atoms with Gasteiger partial charge in [0.25, 0.3) is 0 Å². The van der Waals surface area contributed by atoms with Crippen LogP contribution in [-0.2, 0) is 32.7 Å². The van der Waals surface area contributed by atoms with Gasteiger partial charge in [0, 0.05) is 0 Å². The van der Waals surface area contributed by atoms with Crippen molar-refractivity contribution in [2.24, 2.45) is 0 Å². The second-order valence-electron chi connectivity index (χ2n) is 32.5. The van der Waals surface area contributed by atoms with Crippen molar-refractivity contribution in [3.63, 3.8) is 0 Å². The molecule has 0 atom stereocenters. The normalized spacial score (nSPS) is 19.0. The molecule has 0 unspecified atom stereocenters. The molecule has 9 aromatic rings. The fourth-order valence-electron chi connectivity index (χ4n) is 18.9. The molecule has 0 radical (unpaired) electrons. The summed E-state index contributed by atoms with van der Waals surface area (Å²) in [6.07, 6.45) is 58.9. The summed E-state index contributed by atoms with van der Waals surface area (Å²) < 4.78 is 0. The molecule has 15 rings (SSSR count). The van der Waals surface area contributed by atoms with Crippen LogP contribution in [0.4, 0.5) is 0 Å². The molecule has 552 valence electrons. The molecular formula is C102H129S3+3. The Morgan fingerprint density at radius 2 is 0.238 bits per heavy atom. The molecule has 0 bridgehead atoms. The Hall–Kier alpha value is -5.97. The monoisotopic (exact) mass is 1450 g/mol. The summed E-state index contributed by atoms with van der Waals surface area (Å²) in [7, 11) is -0.160. The fourth-order valence-corrected chi connectivity index (χ4v) is 25.1. The van der Waals surface area contributed by atoms with E-state index in [0.717, 1.165) is 35.5 Å². The summed E-state index contributed by atoms with van der Waals surface area (Å²) in [5, 5.41) is 0. The first-order chi connectivity index (χ1) is 52.1. The highest BCUT2D eigenvalue weighted by atomic mass is 32.2. The van der Waals surface area contributed by atoms with Gasteiger partial charge in [-0.1, -0.05) is 320 Å². The molecule has 6 fully saturated rings. The molecule has 6 aliphatic rings. The Morgan fingerprint density at radius 3 is 0.371 bits per heavy atom. The van der Waals surface area contributed by atoms with Crippen molar-refractivity contribution in [2.45, 2.75) is 349 Å². The van der Waals surface area contributed by atoms with E-state index in [0.29, 0.717) is 0 Å². The van der Waals surface area contributed by atoms with Crippen molar-refractivity contribution in [3.05, 3.63) is 270 Å². The highest BCUT2D eigenvalue weighted by molar-refractivity contribution is 7.97. The molecule has 0 N–H and O–H groups in total. The van der Waals surface area contributed by atoms with Gasteiger partial charge in [0.15, 0.2) is 44.1 Å². The quantitative estimate of drug-likeness (QED) is 0.0898. The van der Waals surface area contributed by atoms with E-state index in [-0.39, 0.29) is 32.7 Å². The summed E-state index contributed by atoms with van der Waals surface area (Å²) in [5.41, 5.74) is 9.40. The van der Waals surface area contributed by atoms with Gasteiger partial charge in [-0.25, -0.2) is 0 Å². The molecule has 9 aromatic carbocycles. The number of benzene rings is 9. The van der Waals surface area contributed by atoms with Gasteiger partial charge < -0.3 is 0 Å². The van der Waals surface area contributed by atoms with Crippen LogP contribution >= 0.6 is 0 Å².